The van der Waals surface area contributed by atoms with E-state index < -0.39 is 5.41 Å². The van der Waals surface area contributed by atoms with Gasteiger partial charge in [-0.25, -0.2) is 4.98 Å². The van der Waals surface area contributed by atoms with Crippen LogP contribution in [0.15, 0.2) is 59.3 Å². The van der Waals surface area contributed by atoms with Crippen molar-refractivity contribution in [3.8, 4) is 0 Å². The van der Waals surface area contributed by atoms with Gasteiger partial charge in [-0.3, -0.25) is 4.79 Å². The number of nitrogens with zero attached hydrogens (tertiary/aromatic N) is 2. The number of benzene rings is 1. The first-order valence-corrected chi connectivity index (χ1v) is 8.23. The summed E-state index contributed by atoms with van der Waals surface area (Å²) in [6.07, 6.45) is 3.87. The van der Waals surface area contributed by atoms with Crippen molar-refractivity contribution in [1.82, 2.24) is 14.7 Å². The van der Waals surface area contributed by atoms with Crippen LogP contribution < -0.4 is 5.32 Å². The van der Waals surface area contributed by atoms with Gasteiger partial charge in [0.1, 0.15) is 5.65 Å². The number of nitrogens with one attached hydrogen (secondary N) is 1. The Balaban J connectivity index is 1.72. The molecule has 3 aromatic rings. The van der Waals surface area contributed by atoms with Crippen LogP contribution in [0.1, 0.15) is 25.1 Å². The van der Waals surface area contributed by atoms with Crippen molar-refractivity contribution in [1.29, 1.82) is 0 Å². The molecule has 0 fully saturated rings. The molecule has 0 spiro atoms. The molecule has 0 saturated heterocycles. The number of imidazole rings is 1. The fraction of sp³-hybridized carbons (Fsp3) is 0.222. The highest BCUT2D eigenvalue weighted by atomic mass is 79.9. The molecule has 23 heavy (non-hydrogen) atoms. The Bertz CT molecular complexity index is 840. The van der Waals surface area contributed by atoms with Crippen LogP contribution in [0.3, 0.4) is 0 Å². The summed E-state index contributed by atoms with van der Waals surface area (Å²) in [5, 5.41) is 2.99. The summed E-state index contributed by atoms with van der Waals surface area (Å²) in [5.41, 5.74) is 2.11. The standard InChI is InChI=1S/C18H18BrN3O/c1-18(2,13-6-4-3-5-7-13)17(23)20-10-15-12-22-11-14(19)8-9-16(22)21-15/h3-9,11-12H,10H2,1-2H3,(H,20,23). The highest BCUT2D eigenvalue weighted by Crippen LogP contribution is 2.23. The van der Waals surface area contributed by atoms with Crippen molar-refractivity contribution < 1.29 is 4.79 Å². The van der Waals surface area contributed by atoms with Crippen LogP contribution in [0, 0.1) is 0 Å². The minimum atomic E-state index is -0.580. The second kappa shape index (κ2) is 6.16. The molecule has 1 N–H and O–H groups in total. The predicted octanol–water partition coefficient (Wildman–Crippen LogP) is 3.69. The minimum absolute atomic E-state index is 0.0121. The first kappa shape index (κ1) is 15.7. The van der Waals surface area contributed by atoms with E-state index in [-0.39, 0.29) is 5.91 Å². The number of rotatable bonds is 4. The van der Waals surface area contributed by atoms with Gasteiger partial charge in [0.2, 0.25) is 5.91 Å². The summed E-state index contributed by atoms with van der Waals surface area (Å²) in [7, 11) is 0. The van der Waals surface area contributed by atoms with E-state index >= 15 is 0 Å². The minimum Gasteiger partial charge on any atom is -0.350 e. The van der Waals surface area contributed by atoms with Gasteiger partial charge >= 0.3 is 0 Å². The molecular weight excluding hydrogens is 354 g/mol. The van der Waals surface area contributed by atoms with Gasteiger partial charge in [0.15, 0.2) is 0 Å². The summed E-state index contributed by atoms with van der Waals surface area (Å²) >= 11 is 3.44. The molecule has 1 aromatic carbocycles. The lowest BCUT2D eigenvalue weighted by atomic mass is 9.84. The van der Waals surface area contributed by atoms with Crippen LogP contribution >= 0.6 is 15.9 Å². The van der Waals surface area contributed by atoms with E-state index in [1.54, 1.807) is 0 Å². The van der Waals surface area contributed by atoms with Crippen molar-refractivity contribution in [3.05, 3.63) is 70.6 Å². The molecule has 2 heterocycles. The fourth-order valence-electron chi connectivity index (χ4n) is 2.48. The maximum absolute atomic E-state index is 12.6. The van der Waals surface area contributed by atoms with Gasteiger partial charge in [-0.1, -0.05) is 30.3 Å². The Hall–Kier alpha value is -2.14. The molecule has 0 aliphatic rings. The normalized spacial score (nSPS) is 11.6. The summed E-state index contributed by atoms with van der Waals surface area (Å²) < 4.78 is 2.93. The zero-order chi connectivity index (χ0) is 16.4. The lowest BCUT2D eigenvalue weighted by molar-refractivity contribution is -0.125. The third kappa shape index (κ3) is 3.29. The van der Waals surface area contributed by atoms with Gasteiger partial charge in [0, 0.05) is 16.9 Å². The number of carbonyl (C=O) groups is 1. The predicted molar refractivity (Wildman–Crippen MR) is 94.2 cm³/mol. The van der Waals surface area contributed by atoms with E-state index in [1.165, 1.54) is 0 Å². The van der Waals surface area contributed by atoms with Gasteiger partial charge < -0.3 is 9.72 Å². The van der Waals surface area contributed by atoms with Crippen LogP contribution in [0.25, 0.3) is 5.65 Å². The van der Waals surface area contributed by atoms with E-state index in [2.05, 4.69) is 26.2 Å². The van der Waals surface area contributed by atoms with Gasteiger partial charge in [-0.05, 0) is 47.5 Å². The first-order valence-electron chi connectivity index (χ1n) is 7.44. The molecule has 1 amide bonds. The van der Waals surface area contributed by atoms with E-state index in [4.69, 9.17) is 0 Å². The Morgan fingerprint density at radius 2 is 1.91 bits per heavy atom. The monoisotopic (exact) mass is 371 g/mol. The SMILES string of the molecule is CC(C)(C(=O)NCc1cn2cc(Br)ccc2n1)c1ccccc1. The summed E-state index contributed by atoms with van der Waals surface area (Å²) in [5.74, 6) is -0.0121. The number of hydrogen-bond donors (Lipinski definition) is 1. The number of aromatic nitrogens is 2. The molecule has 2 aromatic heterocycles. The molecule has 0 radical (unpaired) electrons. The van der Waals surface area contributed by atoms with Crippen molar-refractivity contribution in [2.45, 2.75) is 25.8 Å². The van der Waals surface area contributed by atoms with Crippen molar-refractivity contribution in [2.24, 2.45) is 0 Å². The van der Waals surface area contributed by atoms with E-state index in [1.807, 2.05) is 73.1 Å². The molecule has 0 unspecified atom stereocenters. The molecule has 4 nitrogen and oxygen atoms in total. The quantitative estimate of drug-likeness (QED) is 0.759. The average Bonchev–Trinajstić information content (AvgIpc) is 2.95. The Morgan fingerprint density at radius 3 is 2.65 bits per heavy atom. The molecule has 0 aliphatic carbocycles. The first-order chi connectivity index (χ1) is 11.0. The van der Waals surface area contributed by atoms with Gasteiger partial charge in [-0.15, -0.1) is 0 Å². The molecular formula is C18H18BrN3O. The topological polar surface area (TPSA) is 46.4 Å². The third-order valence-corrected chi connectivity index (χ3v) is 4.43. The van der Waals surface area contributed by atoms with Gasteiger partial charge in [-0.2, -0.15) is 0 Å². The summed E-state index contributed by atoms with van der Waals surface area (Å²) in [4.78, 5) is 17.1. The lowest BCUT2D eigenvalue weighted by Crippen LogP contribution is -2.39. The highest BCUT2D eigenvalue weighted by molar-refractivity contribution is 9.10. The van der Waals surface area contributed by atoms with Crippen LogP contribution in [0.4, 0.5) is 0 Å². The largest absolute Gasteiger partial charge is 0.350 e. The zero-order valence-corrected chi connectivity index (χ0v) is 14.7. The summed E-state index contributed by atoms with van der Waals surface area (Å²) in [6.45, 7) is 4.27. The second-order valence-electron chi connectivity index (χ2n) is 6.02. The molecule has 3 rings (SSSR count). The van der Waals surface area contributed by atoms with Gasteiger partial charge in [0.25, 0.3) is 0 Å². The van der Waals surface area contributed by atoms with Crippen LogP contribution in [-0.4, -0.2) is 15.3 Å². The number of pyridine rings is 1. The maximum Gasteiger partial charge on any atom is 0.230 e. The number of hydrogen-bond acceptors (Lipinski definition) is 2. The lowest BCUT2D eigenvalue weighted by Gasteiger charge is -2.23. The molecule has 0 saturated carbocycles. The van der Waals surface area contributed by atoms with Crippen molar-refractivity contribution in [3.63, 3.8) is 0 Å². The zero-order valence-electron chi connectivity index (χ0n) is 13.1. The number of fused-ring (bicyclic) bond motifs is 1. The Morgan fingerprint density at radius 1 is 1.17 bits per heavy atom. The van der Waals surface area contributed by atoms with Crippen molar-refractivity contribution in [2.75, 3.05) is 0 Å². The van der Waals surface area contributed by atoms with Crippen LogP contribution in [0.5, 0.6) is 0 Å². The van der Waals surface area contributed by atoms with Crippen LogP contribution in [0.2, 0.25) is 0 Å². The smallest absolute Gasteiger partial charge is 0.230 e. The number of halogens is 1. The highest BCUT2D eigenvalue weighted by Gasteiger charge is 2.29. The number of carbonyl (C=O) groups excluding carboxylic acids is 1. The third-order valence-electron chi connectivity index (χ3n) is 3.96. The maximum atomic E-state index is 12.6. The average molecular weight is 372 g/mol. The van der Waals surface area contributed by atoms with Crippen molar-refractivity contribution >= 4 is 27.5 Å². The van der Waals surface area contributed by atoms with E-state index in [9.17, 15) is 4.79 Å². The van der Waals surface area contributed by atoms with Crippen LogP contribution in [-0.2, 0) is 16.8 Å². The Kier molecular flexibility index (Phi) is 4.22. The fourth-order valence-corrected chi connectivity index (χ4v) is 2.83. The molecule has 0 aliphatic heterocycles. The molecule has 0 bridgehead atoms. The number of amides is 1. The molecule has 118 valence electrons. The second-order valence-corrected chi connectivity index (χ2v) is 6.93. The Labute approximate surface area is 143 Å². The summed E-state index contributed by atoms with van der Waals surface area (Å²) in [6, 6.07) is 13.7. The van der Waals surface area contributed by atoms with E-state index in [0.717, 1.165) is 21.4 Å². The van der Waals surface area contributed by atoms with Gasteiger partial charge in [0.05, 0.1) is 17.7 Å². The molecule has 0 atom stereocenters. The molecule has 5 heteroatoms. The van der Waals surface area contributed by atoms with E-state index in [0.29, 0.717) is 6.54 Å².